The number of benzene rings is 6. The van der Waals surface area contributed by atoms with E-state index in [1.54, 1.807) is 6.08 Å². The van der Waals surface area contributed by atoms with Crippen LogP contribution in [0.4, 0.5) is 0 Å². The standard InChI is InChI=1S/C40H27N3.C5H8/c1-3-12-29(13-4-1)36-27-37(42-40(41-36)30-14-5-2-6-15-30)32-17-11-16-31(26-32)28-22-24-33(25-23-28)43-38-20-9-7-18-34(38)35-19-8-10-21-39(35)43;1-3-5-4-2/h1-27H;3-5H,1H2,2H3/b;5-4-. The molecule has 2 heterocycles. The second-order valence-corrected chi connectivity index (χ2v) is 11.5. The summed E-state index contributed by atoms with van der Waals surface area (Å²) in [6.45, 7) is 5.42. The minimum absolute atomic E-state index is 0.720. The normalized spacial score (nSPS) is 11.0. The van der Waals surface area contributed by atoms with Gasteiger partial charge in [0.25, 0.3) is 0 Å². The number of allylic oxidation sites excluding steroid dienone is 3. The van der Waals surface area contributed by atoms with Crippen LogP contribution in [0.5, 0.6) is 0 Å². The summed E-state index contributed by atoms with van der Waals surface area (Å²) in [6.07, 6.45) is 5.58. The van der Waals surface area contributed by atoms with Gasteiger partial charge in [0.05, 0.1) is 22.4 Å². The SMILES string of the molecule is C=C/C=C\C.c1ccc(-c2cc(-c3cccc(-c4ccc(-n5c6ccccc6c6ccccc65)cc4)c3)nc(-c3ccccc3)n2)cc1. The third kappa shape index (κ3) is 6.22. The van der Waals surface area contributed by atoms with Crippen LogP contribution in [0.2, 0.25) is 0 Å². The Morgan fingerprint density at radius 3 is 1.58 bits per heavy atom. The van der Waals surface area contributed by atoms with Crippen molar-refractivity contribution in [2.75, 3.05) is 0 Å². The molecular weight excluding hydrogens is 583 g/mol. The molecule has 0 aliphatic heterocycles. The highest BCUT2D eigenvalue weighted by Crippen LogP contribution is 2.34. The lowest BCUT2D eigenvalue weighted by Gasteiger charge is -2.11. The summed E-state index contributed by atoms with van der Waals surface area (Å²) in [4.78, 5) is 9.97. The number of hydrogen-bond donors (Lipinski definition) is 0. The van der Waals surface area contributed by atoms with Crippen LogP contribution < -0.4 is 0 Å². The van der Waals surface area contributed by atoms with E-state index in [0.717, 1.165) is 50.7 Å². The zero-order chi connectivity index (χ0) is 32.7. The van der Waals surface area contributed by atoms with Gasteiger partial charge in [0.1, 0.15) is 0 Å². The molecule has 0 amide bonds. The van der Waals surface area contributed by atoms with E-state index in [9.17, 15) is 0 Å². The van der Waals surface area contributed by atoms with Gasteiger partial charge in [0.15, 0.2) is 5.82 Å². The van der Waals surface area contributed by atoms with E-state index in [4.69, 9.17) is 9.97 Å². The van der Waals surface area contributed by atoms with Crippen molar-refractivity contribution in [3.63, 3.8) is 0 Å². The summed E-state index contributed by atoms with van der Waals surface area (Å²) >= 11 is 0. The van der Waals surface area contributed by atoms with Crippen molar-refractivity contribution in [2.24, 2.45) is 0 Å². The van der Waals surface area contributed by atoms with Gasteiger partial charge < -0.3 is 4.57 Å². The molecule has 3 heteroatoms. The lowest BCUT2D eigenvalue weighted by molar-refractivity contribution is 1.18. The molecule has 2 aromatic heterocycles. The Labute approximate surface area is 281 Å². The molecule has 0 radical (unpaired) electrons. The largest absolute Gasteiger partial charge is 0.309 e. The molecule has 0 N–H and O–H groups in total. The number of hydrogen-bond acceptors (Lipinski definition) is 2. The van der Waals surface area contributed by atoms with Crippen LogP contribution >= 0.6 is 0 Å². The second-order valence-electron chi connectivity index (χ2n) is 11.5. The highest BCUT2D eigenvalue weighted by molar-refractivity contribution is 6.09. The molecule has 0 saturated heterocycles. The Balaban J connectivity index is 0.000000681. The molecule has 0 aliphatic rings. The molecule has 0 saturated carbocycles. The molecule has 0 bridgehead atoms. The summed E-state index contributed by atoms with van der Waals surface area (Å²) in [5, 5.41) is 2.54. The van der Waals surface area contributed by atoms with Gasteiger partial charge in [-0.3, -0.25) is 0 Å². The average molecular weight is 618 g/mol. The number of aromatic nitrogens is 3. The maximum absolute atomic E-state index is 5.03. The monoisotopic (exact) mass is 617 g/mol. The summed E-state index contributed by atoms with van der Waals surface area (Å²) in [7, 11) is 0. The Hall–Kier alpha value is -6.32. The number of fused-ring (bicyclic) bond motifs is 3. The Morgan fingerprint density at radius 2 is 1.00 bits per heavy atom. The fourth-order valence-electron chi connectivity index (χ4n) is 6.07. The predicted molar refractivity (Wildman–Crippen MR) is 203 cm³/mol. The molecule has 0 spiro atoms. The van der Waals surface area contributed by atoms with Crippen LogP contribution in [0.3, 0.4) is 0 Å². The maximum Gasteiger partial charge on any atom is 0.160 e. The molecular formula is C45H35N3. The highest BCUT2D eigenvalue weighted by atomic mass is 15.0. The predicted octanol–water partition coefficient (Wildman–Crippen LogP) is 12.0. The van der Waals surface area contributed by atoms with Crippen LogP contribution in [-0.2, 0) is 0 Å². The van der Waals surface area contributed by atoms with Crippen molar-refractivity contribution in [1.29, 1.82) is 0 Å². The first-order valence-corrected chi connectivity index (χ1v) is 16.2. The second kappa shape index (κ2) is 14.0. The van der Waals surface area contributed by atoms with E-state index in [2.05, 4.69) is 139 Å². The highest BCUT2D eigenvalue weighted by Gasteiger charge is 2.13. The zero-order valence-electron chi connectivity index (χ0n) is 26.9. The molecule has 3 nitrogen and oxygen atoms in total. The van der Waals surface area contributed by atoms with Gasteiger partial charge in [0.2, 0.25) is 0 Å². The van der Waals surface area contributed by atoms with Gasteiger partial charge in [-0.25, -0.2) is 9.97 Å². The molecule has 0 fully saturated rings. The lowest BCUT2D eigenvalue weighted by atomic mass is 10.0. The number of para-hydroxylation sites is 2. The van der Waals surface area contributed by atoms with Crippen LogP contribution in [0, 0.1) is 0 Å². The first-order chi connectivity index (χ1) is 23.7. The van der Waals surface area contributed by atoms with Gasteiger partial charge >= 0.3 is 0 Å². The van der Waals surface area contributed by atoms with Gasteiger partial charge in [-0.15, -0.1) is 0 Å². The lowest BCUT2D eigenvalue weighted by Crippen LogP contribution is -1.96. The van der Waals surface area contributed by atoms with Crippen LogP contribution in [0.1, 0.15) is 6.92 Å². The quantitative estimate of drug-likeness (QED) is 0.174. The van der Waals surface area contributed by atoms with Crippen molar-refractivity contribution < 1.29 is 0 Å². The third-order valence-electron chi connectivity index (χ3n) is 8.35. The molecule has 8 rings (SSSR count). The fraction of sp³-hybridized carbons (Fsp3) is 0.0222. The van der Waals surface area contributed by atoms with Crippen LogP contribution in [-0.4, -0.2) is 14.5 Å². The summed E-state index contributed by atoms with van der Waals surface area (Å²) < 4.78 is 2.35. The smallest absolute Gasteiger partial charge is 0.160 e. The van der Waals surface area contributed by atoms with Crippen molar-refractivity contribution in [3.8, 4) is 50.7 Å². The topological polar surface area (TPSA) is 30.7 Å². The summed E-state index contributed by atoms with van der Waals surface area (Å²) in [5.74, 6) is 0.720. The van der Waals surface area contributed by atoms with Gasteiger partial charge in [-0.05, 0) is 54.4 Å². The molecule has 0 aliphatic carbocycles. The molecule has 0 unspecified atom stereocenters. The molecule has 48 heavy (non-hydrogen) atoms. The third-order valence-corrected chi connectivity index (χ3v) is 8.35. The zero-order valence-corrected chi connectivity index (χ0v) is 26.9. The van der Waals surface area contributed by atoms with Gasteiger partial charge in [0, 0.05) is 33.2 Å². The van der Waals surface area contributed by atoms with Crippen molar-refractivity contribution in [1.82, 2.24) is 14.5 Å². The Bertz CT molecular complexity index is 2240. The Kier molecular flexibility index (Phi) is 8.84. The van der Waals surface area contributed by atoms with Crippen molar-refractivity contribution in [2.45, 2.75) is 6.92 Å². The maximum atomic E-state index is 5.03. The number of nitrogens with zero attached hydrogens (tertiary/aromatic N) is 3. The van der Waals surface area contributed by atoms with Crippen LogP contribution in [0.25, 0.3) is 72.5 Å². The van der Waals surface area contributed by atoms with E-state index < -0.39 is 0 Å². The fourth-order valence-corrected chi connectivity index (χ4v) is 6.07. The minimum Gasteiger partial charge on any atom is -0.309 e. The van der Waals surface area contributed by atoms with E-state index >= 15 is 0 Å². The molecule has 0 atom stereocenters. The molecule has 230 valence electrons. The first kappa shape index (κ1) is 30.3. The summed E-state index contributed by atoms with van der Waals surface area (Å²) in [6, 6.07) is 57.3. The molecule has 6 aromatic carbocycles. The Morgan fingerprint density at radius 1 is 0.479 bits per heavy atom. The molecule has 8 aromatic rings. The van der Waals surface area contributed by atoms with Crippen molar-refractivity contribution in [3.05, 3.63) is 189 Å². The van der Waals surface area contributed by atoms with E-state index in [-0.39, 0.29) is 0 Å². The average Bonchev–Trinajstić information content (AvgIpc) is 3.50. The van der Waals surface area contributed by atoms with E-state index in [0.29, 0.717) is 0 Å². The summed E-state index contributed by atoms with van der Waals surface area (Å²) in [5.41, 5.74) is 10.8. The first-order valence-electron chi connectivity index (χ1n) is 16.2. The van der Waals surface area contributed by atoms with Crippen molar-refractivity contribution >= 4 is 21.8 Å². The van der Waals surface area contributed by atoms with E-state index in [1.165, 1.54) is 21.8 Å². The van der Waals surface area contributed by atoms with E-state index in [1.807, 2.05) is 55.5 Å². The van der Waals surface area contributed by atoms with Gasteiger partial charge in [-0.1, -0.05) is 152 Å². The number of rotatable bonds is 6. The van der Waals surface area contributed by atoms with Crippen LogP contribution in [0.15, 0.2) is 189 Å². The van der Waals surface area contributed by atoms with Gasteiger partial charge in [-0.2, -0.15) is 0 Å². The minimum atomic E-state index is 0.720.